The lowest BCUT2D eigenvalue weighted by Crippen LogP contribution is -1.98. The SMILES string of the molecule is CC(C)OC=O.CCOC(C)=O. The molecule has 12 heavy (non-hydrogen) atoms. The van der Waals surface area contributed by atoms with Crippen molar-refractivity contribution in [3.63, 3.8) is 0 Å². The average Bonchev–Trinajstić information content (AvgIpc) is 1.87. The topological polar surface area (TPSA) is 52.6 Å². The summed E-state index contributed by atoms with van der Waals surface area (Å²) in [5, 5.41) is 0. The van der Waals surface area contributed by atoms with Crippen LogP contribution < -0.4 is 0 Å². The zero-order valence-corrected chi connectivity index (χ0v) is 7.99. The molecule has 0 aromatic carbocycles. The van der Waals surface area contributed by atoms with Gasteiger partial charge < -0.3 is 9.47 Å². The van der Waals surface area contributed by atoms with Crippen molar-refractivity contribution >= 4 is 12.4 Å². The van der Waals surface area contributed by atoms with Gasteiger partial charge in [0.15, 0.2) is 0 Å². The van der Waals surface area contributed by atoms with Crippen LogP contribution in [0.5, 0.6) is 0 Å². The van der Waals surface area contributed by atoms with E-state index in [0.717, 1.165) is 0 Å². The summed E-state index contributed by atoms with van der Waals surface area (Å²) in [5.41, 5.74) is 0. The van der Waals surface area contributed by atoms with E-state index in [2.05, 4.69) is 9.47 Å². The molecule has 72 valence electrons. The van der Waals surface area contributed by atoms with Crippen molar-refractivity contribution in [1.29, 1.82) is 0 Å². The van der Waals surface area contributed by atoms with Crippen LogP contribution in [0.25, 0.3) is 0 Å². The normalized spacial score (nSPS) is 8.08. The predicted octanol–water partition coefficient (Wildman–Crippen LogP) is 1.14. The van der Waals surface area contributed by atoms with Gasteiger partial charge in [-0.1, -0.05) is 0 Å². The van der Waals surface area contributed by atoms with Crippen molar-refractivity contribution in [3.05, 3.63) is 0 Å². The van der Waals surface area contributed by atoms with Gasteiger partial charge in [0.05, 0.1) is 12.7 Å². The molecule has 0 saturated carbocycles. The highest BCUT2D eigenvalue weighted by atomic mass is 16.5. The summed E-state index contributed by atoms with van der Waals surface area (Å²) in [6, 6.07) is 0. The van der Waals surface area contributed by atoms with Gasteiger partial charge in [-0.05, 0) is 20.8 Å². The van der Waals surface area contributed by atoms with Gasteiger partial charge in [-0.25, -0.2) is 0 Å². The molecule has 0 aliphatic carbocycles. The fraction of sp³-hybridized carbons (Fsp3) is 0.750. The number of esters is 1. The van der Waals surface area contributed by atoms with Crippen LogP contribution in [-0.2, 0) is 19.1 Å². The van der Waals surface area contributed by atoms with Crippen molar-refractivity contribution in [3.8, 4) is 0 Å². The molecule has 0 heterocycles. The van der Waals surface area contributed by atoms with Crippen LogP contribution in [0.3, 0.4) is 0 Å². The van der Waals surface area contributed by atoms with Crippen LogP contribution in [0, 0.1) is 0 Å². The Balaban J connectivity index is 0. The third kappa shape index (κ3) is 23.1. The molecule has 0 spiro atoms. The van der Waals surface area contributed by atoms with Crippen LogP contribution in [0.2, 0.25) is 0 Å². The molecule has 0 fully saturated rings. The Morgan fingerprint density at radius 1 is 1.50 bits per heavy atom. The average molecular weight is 176 g/mol. The molecule has 0 radical (unpaired) electrons. The second kappa shape index (κ2) is 9.94. The second-order valence-electron chi connectivity index (χ2n) is 2.21. The van der Waals surface area contributed by atoms with Gasteiger partial charge in [-0.3, -0.25) is 9.59 Å². The van der Waals surface area contributed by atoms with Gasteiger partial charge in [0.25, 0.3) is 6.47 Å². The predicted molar refractivity (Wildman–Crippen MR) is 44.6 cm³/mol. The number of carbonyl (C=O) groups is 2. The Kier molecular flexibility index (Phi) is 11.2. The first kappa shape index (κ1) is 13.5. The van der Waals surface area contributed by atoms with E-state index in [0.29, 0.717) is 13.1 Å². The Labute approximate surface area is 72.8 Å². The lowest BCUT2D eigenvalue weighted by Gasteiger charge is -1.96. The highest BCUT2D eigenvalue weighted by molar-refractivity contribution is 5.65. The number of hydrogen-bond donors (Lipinski definition) is 0. The molecule has 0 N–H and O–H groups in total. The maximum atomic E-state index is 9.82. The van der Waals surface area contributed by atoms with Crippen LogP contribution in [0.4, 0.5) is 0 Å². The van der Waals surface area contributed by atoms with E-state index in [4.69, 9.17) is 0 Å². The Bertz CT molecular complexity index is 120. The van der Waals surface area contributed by atoms with E-state index in [-0.39, 0.29) is 12.1 Å². The first-order chi connectivity index (χ1) is 5.54. The number of hydrogen-bond acceptors (Lipinski definition) is 4. The molecule has 4 nitrogen and oxygen atoms in total. The minimum Gasteiger partial charge on any atom is -0.466 e. The fourth-order valence-corrected chi connectivity index (χ4v) is 0.314. The van der Waals surface area contributed by atoms with Crippen molar-refractivity contribution in [2.24, 2.45) is 0 Å². The molecule has 0 aliphatic rings. The van der Waals surface area contributed by atoms with Crippen LogP contribution >= 0.6 is 0 Å². The van der Waals surface area contributed by atoms with E-state index in [1.807, 2.05) is 0 Å². The molecule has 0 unspecified atom stereocenters. The van der Waals surface area contributed by atoms with Crippen molar-refractivity contribution in [2.75, 3.05) is 6.61 Å². The summed E-state index contributed by atoms with van der Waals surface area (Å²) in [4.78, 5) is 19.2. The number of carbonyl (C=O) groups excluding carboxylic acids is 2. The molecule has 0 saturated heterocycles. The van der Waals surface area contributed by atoms with Gasteiger partial charge in [0.2, 0.25) is 0 Å². The largest absolute Gasteiger partial charge is 0.466 e. The maximum Gasteiger partial charge on any atom is 0.302 e. The fourth-order valence-electron chi connectivity index (χ4n) is 0.314. The summed E-state index contributed by atoms with van der Waals surface area (Å²) >= 11 is 0. The monoisotopic (exact) mass is 176 g/mol. The lowest BCUT2D eigenvalue weighted by atomic mass is 10.5. The quantitative estimate of drug-likeness (QED) is 0.478. The molecule has 0 atom stereocenters. The van der Waals surface area contributed by atoms with Crippen molar-refractivity contribution in [1.82, 2.24) is 0 Å². The highest BCUT2D eigenvalue weighted by Gasteiger charge is 1.83. The number of ether oxygens (including phenoxy) is 2. The van der Waals surface area contributed by atoms with E-state index in [1.165, 1.54) is 6.92 Å². The van der Waals surface area contributed by atoms with Gasteiger partial charge in [-0.15, -0.1) is 0 Å². The molecule has 0 aromatic heterocycles. The second-order valence-corrected chi connectivity index (χ2v) is 2.21. The summed E-state index contributed by atoms with van der Waals surface area (Å²) < 4.78 is 8.76. The number of rotatable bonds is 3. The van der Waals surface area contributed by atoms with E-state index in [9.17, 15) is 9.59 Å². The van der Waals surface area contributed by atoms with Gasteiger partial charge >= 0.3 is 5.97 Å². The van der Waals surface area contributed by atoms with Gasteiger partial charge in [0, 0.05) is 6.92 Å². The minimum absolute atomic E-state index is 0.0301. The Morgan fingerprint density at radius 2 is 2.00 bits per heavy atom. The molecule has 0 bridgehead atoms. The van der Waals surface area contributed by atoms with E-state index >= 15 is 0 Å². The Morgan fingerprint density at radius 3 is 2.00 bits per heavy atom. The summed E-state index contributed by atoms with van der Waals surface area (Å²) in [5.74, 6) is -0.211. The van der Waals surface area contributed by atoms with Crippen molar-refractivity contribution < 1.29 is 19.1 Å². The third-order valence-corrected chi connectivity index (χ3v) is 0.675. The van der Waals surface area contributed by atoms with Gasteiger partial charge in [-0.2, -0.15) is 0 Å². The van der Waals surface area contributed by atoms with Crippen LogP contribution in [0.15, 0.2) is 0 Å². The van der Waals surface area contributed by atoms with E-state index < -0.39 is 0 Å². The van der Waals surface area contributed by atoms with E-state index in [1.54, 1.807) is 20.8 Å². The summed E-state index contributed by atoms with van der Waals surface area (Å²) in [7, 11) is 0. The zero-order valence-electron chi connectivity index (χ0n) is 7.99. The zero-order chi connectivity index (χ0) is 9.98. The molecular weight excluding hydrogens is 160 g/mol. The molecule has 0 aromatic rings. The smallest absolute Gasteiger partial charge is 0.302 e. The first-order valence-electron chi connectivity index (χ1n) is 3.77. The van der Waals surface area contributed by atoms with Gasteiger partial charge in [0.1, 0.15) is 0 Å². The minimum atomic E-state index is -0.211. The molecule has 4 heteroatoms. The summed E-state index contributed by atoms with van der Waals surface area (Å²) in [6.07, 6.45) is 0.0301. The standard InChI is InChI=1S/2C4H8O2/c1-4(2)6-3-5;1-3-6-4(2)5/h3-4H,1-2H3;3H2,1-2H3. The molecule has 0 rings (SSSR count). The molecule has 0 aliphatic heterocycles. The molecular formula is C8H16O4. The van der Waals surface area contributed by atoms with Crippen LogP contribution in [0.1, 0.15) is 27.7 Å². The highest BCUT2D eigenvalue weighted by Crippen LogP contribution is 1.79. The summed E-state index contributed by atoms with van der Waals surface area (Å²) in [6.45, 7) is 7.70. The van der Waals surface area contributed by atoms with Crippen LogP contribution in [-0.4, -0.2) is 25.2 Å². The maximum absolute atomic E-state index is 9.82. The lowest BCUT2D eigenvalue weighted by molar-refractivity contribution is -0.140. The van der Waals surface area contributed by atoms with Crippen molar-refractivity contribution in [2.45, 2.75) is 33.8 Å². The first-order valence-corrected chi connectivity index (χ1v) is 3.77. The Hall–Kier alpha value is -1.06. The molecule has 0 amide bonds. The third-order valence-electron chi connectivity index (χ3n) is 0.675.